The number of hydrogen-bond donors (Lipinski definition) is 2. The van der Waals surface area contributed by atoms with Crippen LogP contribution in [0.3, 0.4) is 0 Å². The molecule has 0 aliphatic carbocycles. The van der Waals surface area contributed by atoms with Gasteiger partial charge in [-0.15, -0.1) is 11.8 Å². The van der Waals surface area contributed by atoms with Crippen LogP contribution in [0.5, 0.6) is 0 Å². The maximum Gasteiger partial charge on any atom is 0.416 e. The molecule has 3 heterocycles. The quantitative estimate of drug-likeness (QED) is 0.677. The Morgan fingerprint density at radius 3 is 2.59 bits per heavy atom. The topological polar surface area (TPSA) is 81.8 Å². The van der Waals surface area contributed by atoms with Gasteiger partial charge < -0.3 is 15.1 Å². The Morgan fingerprint density at radius 1 is 1.06 bits per heavy atom. The lowest BCUT2D eigenvalue weighted by Crippen LogP contribution is -2.61. The molecule has 2 saturated heterocycles. The van der Waals surface area contributed by atoms with Crippen molar-refractivity contribution in [2.75, 3.05) is 36.6 Å². The van der Waals surface area contributed by atoms with Crippen LogP contribution in [0.15, 0.2) is 42.5 Å². The van der Waals surface area contributed by atoms with Crippen molar-refractivity contribution in [2.24, 2.45) is 0 Å². The van der Waals surface area contributed by atoms with Crippen molar-refractivity contribution in [3.63, 3.8) is 0 Å². The van der Waals surface area contributed by atoms with E-state index >= 15 is 0 Å². The zero-order valence-electron chi connectivity index (χ0n) is 17.9. The van der Waals surface area contributed by atoms with Gasteiger partial charge in [0, 0.05) is 24.7 Å². The number of anilines is 1. The highest BCUT2D eigenvalue weighted by Gasteiger charge is 2.42. The number of thioether (sulfide) groups is 1. The molecule has 2 atom stereocenters. The van der Waals surface area contributed by atoms with Gasteiger partial charge in [0.2, 0.25) is 11.8 Å². The zero-order valence-corrected chi connectivity index (χ0v) is 18.7. The fourth-order valence-corrected chi connectivity index (χ4v) is 5.41. The maximum atomic E-state index is 13.4. The standard InChI is InChI=1S/C23H21F3N4O3S/c24-23(25,26)15-3-1-2-13(8-15)14-4-5-17-16(9-14)21(32)30-7-6-29(10-19(30)20(31)28-17)22(33)18-11-34-12-27-18/h1-5,8-9,18-19,27H,6-7,10-12H2,(H,28,31). The first-order chi connectivity index (χ1) is 16.2. The van der Waals surface area contributed by atoms with Gasteiger partial charge in [-0.1, -0.05) is 18.2 Å². The van der Waals surface area contributed by atoms with Crippen LogP contribution in [-0.4, -0.2) is 70.9 Å². The molecule has 3 aliphatic heterocycles. The largest absolute Gasteiger partial charge is 0.416 e. The summed E-state index contributed by atoms with van der Waals surface area (Å²) in [6.07, 6.45) is -4.48. The molecular weight excluding hydrogens is 469 g/mol. The zero-order chi connectivity index (χ0) is 24.0. The van der Waals surface area contributed by atoms with Crippen LogP contribution in [0.2, 0.25) is 0 Å². The Morgan fingerprint density at radius 2 is 1.85 bits per heavy atom. The van der Waals surface area contributed by atoms with Crippen LogP contribution in [-0.2, 0) is 15.8 Å². The van der Waals surface area contributed by atoms with Crippen molar-refractivity contribution < 1.29 is 27.6 Å². The number of benzene rings is 2. The predicted molar refractivity (Wildman–Crippen MR) is 121 cm³/mol. The number of rotatable bonds is 2. The fourth-order valence-electron chi connectivity index (χ4n) is 4.48. The van der Waals surface area contributed by atoms with Crippen LogP contribution < -0.4 is 10.6 Å². The third-order valence-corrected chi connectivity index (χ3v) is 7.24. The van der Waals surface area contributed by atoms with Gasteiger partial charge >= 0.3 is 6.18 Å². The number of carbonyl (C=O) groups excluding carboxylic acids is 3. The van der Waals surface area contributed by atoms with E-state index in [1.54, 1.807) is 28.8 Å². The number of nitrogens with one attached hydrogen (secondary N) is 2. The van der Waals surface area contributed by atoms with E-state index in [-0.39, 0.29) is 30.6 Å². The van der Waals surface area contributed by atoms with Crippen molar-refractivity contribution >= 4 is 35.2 Å². The number of hydrogen-bond acceptors (Lipinski definition) is 5. The Hall–Kier alpha value is -3.05. The average molecular weight is 491 g/mol. The normalized spacial score (nSPS) is 22.7. The first-order valence-electron chi connectivity index (χ1n) is 10.8. The number of piperazine rings is 1. The van der Waals surface area contributed by atoms with Crippen molar-refractivity contribution in [2.45, 2.75) is 18.3 Å². The summed E-state index contributed by atoms with van der Waals surface area (Å²) in [5.41, 5.74) is 0.473. The molecule has 2 fully saturated rings. The van der Waals surface area contributed by atoms with E-state index in [0.29, 0.717) is 35.0 Å². The van der Waals surface area contributed by atoms with E-state index in [1.807, 2.05) is 0 Å². The summed E-state index contributed by atoms with van der Waals surface area (Å²) in [5, 5.41) is 5.88. The van der Waals surface area contributed by atoms with E-state index < -0.39 is 29.6 Å². The number of nitrogens with zero attached hydrogens (tertiary/aromatic N) is 2. The van der Waals surface area contributed by atoms with Crippen LogP contribution in [0.4, 0.5) is 18.9 Å². The van der Waals surface area contributed by atoms with Gasteiger partial charge in [0.25, 0.3) is 5.91 Å². The maximum absolute atomic E-state index is 13.4. The summed E-state index contributed by atoms with van der Waals surface area (Å²) in [5.74, 6) is 0.485. The molecule has 3 amide bonds. The number of carbonyl (C=O) groups is 3. The number of amides is 3. The number of fused-ring (bicyclic) bond motifs is 2. The molecule has 5 rings (SSSR count). The number of halogens is 3. The lowest BCUT2D eigenvalue weighted by Gasteiger charge is -2.40. The predicted octanol–water partition coefficient (Wildman–Crippen LogP) is 2.64. The fraction of sp³-hybridized carbons (Fsp3) is 0.348. The van der Waals surface area contributed by atoms with Crippen molar-refractivity contribution in [1.82, 2.24) is 15.1 Å². The summed E-state index contributed by atoms with van der Waals surface area (Å²) in [4.78, 5) is 42.2. The Labute approximate surface area is 197 Å². The van der Waals surface area contributed by atoms with Crippen molar-refractivity contribution in [3.05, 3.63) is 53.6 Å². The van der Waals surface area contributed by atoms with Gasteiger partial charge in [-0.05, 0) is 35.4 Å². The molecule has 2 N–H and O–H groups in total. The Bertz CT molecular complexity index is 1170. The molecule has 0 spiro atoms. The molecule has 7 nitrogen and oxygen atoms in total. The molecule has 2 unspecified atom stereocenters. The van der Waals surface area contributed by atoms with Crippen LogP contribution >= 0.6 is 11.8 Å². The monoisotopic (exact) mass is 490 g/mol. The molecule has 0 radical (unpaired) electrons. The molecule has 11 heteroatoms. The smallest absolute Gasteiger partial charge is 0.337 e. The Kier molecular flexibility index (Phi) is 5.76. The first kappa shape index (κ1) is 22.7. The minimum absolute atomic E-state index is 0.0847. The molecule has 3 aliphatic rings. The summed E-state index contributed by atoms with van der Waals surface area (Å²) >= 11 is 1.63. The molecule has 0 saturated carbocycles. The number of alkyl halides is 3. The molecule has 2 aromatic carbocycles. The molecule has 178 valence electrons. The second kappa shape index (κ2) is 8.62. The highest BCUT2D eigenvalue weighted by molar-refractivity contribution is 7.99. The molecule has 0 aromatic heterocycles. The highest BCUT2D eigenvalue weighted by Crippen LogP contribution is 2.34. The molecular formula is C23H21F3N4O3S. The third-order valence-electron chi connectivity index (χ3n) is 6.30. The second-order valence-electron chi connectivity index (χ2n) is 8.40. The third kappa shape index (κ3) is 4.14. The minimum Gasteiger partial charge on any atom is -0.337 e. The van der Waals surface area contributed by atoms with E-state index in [2.05, 4.69) is 10.6 Å². The van der Waals surface area contributed by atoms with E-state index in [0.717, 1.165) is 12.1 Å². The summed E-state index contributed by atoms with van der Waals surface area (Å²) in [6.45, 7) is 0.587. The van der Waals surface area contributed by atoms with Crippen molar-refractivity contribution in [1.29, 1.82) is 0 Å². The van der Waals surface area contributed by atoms with Gasteiger partial charge in [-0.25, -0.2) is 0 Å². The van der Waals surface area contributed by atoms with Crippen molar-refractivity contribution in [3.8, 4) is 11.1 Å². The van der Waals surface area contributed by atoms with E-state index in [1.165, 1.54) is 23.1 Å². The highest BCUT2D eigenvalue weighted by atomic mass is 32.2. The van der Waals surface area contributed by atoms with Crippen LogP contribution in [0.25, 0.3) is 11.1 Å². The molecule has 0 bridgehead atoms. The average Bonchev–Trinajstić information content (AvgIpc) is 3.34. The first-order valence-corrected chi connectivity index (χ1v) is 11.9. The molecule has 34 heavy (non-hydrogen) atoms. The second-order valence-corrected chi connectivity index (χ2v) is 9.43. The van der Waals surface area contributed by atoms with Gasteiger partial charge in [0.15, 0.2) is 0 Å². The molecule has 2 aromatic rings. The minimum atomic E-state index is -4.48. The lowest BCUT2D eigenvalue weighted by atomic mass is 9.99. The Balaban J connectivity index is 1.42. The summed E-state index contributed by atoms with van der Waals surface area (Å²) in [6, 6.07) is 8.35. The van der Waals surface area contributed by atoms with Gasteiger partial charge in [-0.3, -0.25) is 19.7 Å². The van der Waals surface area contributed by atoms with Crippen LogP contribution in [0.1, 0.15) is 15.9 Å². The van der Waals surface area contributed by atoms with Gasteiger partial charge in [0.05, 0.1) is 29.4 Å². The van der Waals surface area contributed by atoms with Gasteiger partial charge in [0.1, 0.15) is 6.04 Å². The summed E-state index contributed by atoms with van der Waals surface area (Å²) in [7, 11) is 0. The lowest BCUT2D eigenvalue weighted by molar-refractivity contribution is -0.138. The SMILES string of the molecule is O=C1Nc2ccc(-c3cccc(C(F)(F)F)c3)cc2C(=O)N2CCN(C(=O)C3CSCN3)CC12. The van der Waals surface area contributed by atoms with E-state index in [9.17, 15) is 27.6 Å². The van der Waals surface area contributed by atoms with E-state index in [4.69, 9.17) is 0 Å². The van der Waals surface area contributed by atoms with Gasteiger partial charge in [-0.2, -0.15) is 13.2 Å². The summed E-state index contributed by atoms with van der Waals surface area (Å²) < 4.78 is 39.4. The van der Waals surface area contributed by atoms with Crippen LogP contribution in [0, 0.1) is 0 Å².